The van der Waals surface area contributed by atoms with Crippen LogP contribution in [0.3, 0.4) is 0 Å². The third-order valence-electron chi connectivity index (χ3n) is 4.22. The first-order valence-electron chi connectivity index (χ1n) is 7.70. The van der Waals surface area contributed by atoms with Gasteiger partial charge in [0.25, 0.3) is 5.91 Å². The fourth-order valence-corrected chi connectivity index (χ4v) is 2.94. The lowest BCUT2D eigenvalue weighted by atomic mass is 9.86. The van der Waals surface area contributed by atoms with Crippen molar-refractivity contribution in [2.24, 2.45) is 5.92 Å². The molecule has 4 heteroatoms. The summed E-state index contributed by atoms with van der Waals surface area (Å²) in [6.07, 6.45) is 9.55. The normalized spacial score (nSPS) is 21.0. The zero-order valence-electron chi connectivity index (χ0n) is 13.1. The van der Waals surface area contributed by atoms with E-state index in [0.29, 0.717) is 17.0 Å². The fraction of sp³-hybridized carbons (Fsp3) is 0.500. The number of nitrogens with one attached hydrogen (secondary N) is 1. The lowest BCUT2D eigenvalue weighted by Crippen LogP contribution is -2.41. The van der Waals surface area contributed by atoms with Gasteiger partial charge in [0.15, 0.2) is 11.6 Å². The van der Waals surface area contributed by atoms with Crippen molar-refractivity contribution in [3.05, 3.63) is 29.1 Å². The van der Waals surface area contributed by atoms with Crippen molar-refractivity contribution in [1.29, 1.82) is 0 Å². The number of terminal acetylenes is 1. The molecule has 0 bridgehead atoms. The summed E-state index contributed by atoms with van der Waals surface area (Å²) in [6.45, 7) is 3.85. The second-order valence-electron chi connectivity index (χ2n) is 5.94. The summed E-state index contributed by atoms with van der Waals surface area (Å²) >= 11 is 0. The Balaban J connectivity index is 2.11. The molecule has 22 heavy (non-hydrogen) atoms. The molecule has 0 saturated heterocycles. The summed E-state index contributed by atoms with van der Waals surface area (Å²) < 4.78 is 19.3. The lowest BCUT2D eigenvalue weighted by Gasteiger charge is -2.29. The zero-order chi connectivity index (χ0) is 16.1. The number of rotatable bonds is 4. The first kappa shape index (κ1) is 16.4. The van der Waals surface area contributed by atoms with Gasteiger partial charge in [0, 0.05) is 11.6 Å². The van der Waals surface area contributed by atoms with Crippen molar-refractivity contribution in [3.8, 4) is 18.1 Å². The molecule has 3 nitrogen and oxygen atoms in total. The second kappa shape index (κ2) is 7.31. The Bertz CT molecular complexity index is 568. The summed E-state index contributed by atoms with van der Waals surface area (Å²) in [7, 11) is 0. The molecule has 1 aliphatic rings. The molecule has 0 aromatic heterocycles. The molecule has 118 valence electrons. The van der Waals surface area contributed by atoms with Crippen LogP contribution >= 0.6 is 0 Å². The van der Waals surface area contributed by atoms with E-state index in [2.05, 4.69) is 18.2 Å². The average Bonchev–Trinajstić information content (AvgIpc) is 2.48. The Labute approximate surface area is 131 Å². The summed E-state index contributed by atoms with van der Waals surface area (Å²) in [5, 5.41) is 3.02. The highest BCUT2D eigenvalue weighted by molar-refractivity contribution is 5.94. The highest BCUT2D eigenvalue weighted by Gasteiger charge is 2.24. The number of hydrogen-bond donors (Lipinski definition) is 1. The van der Waals surface area contributed by atoms with Crippen LogP contribution in [0.15, 0.2) is 12.1 Å². The molecule has 0 radical (unpaired) electrons. The van der Waals surface area contributed by atoms with E-state index >= 15 is 0 Å². The molecule has 1 fully saturated rings. The quantitative estimate of drug-likeness (QED) is 0.865. The predicted molar refractivity (Wildman–Crippen MR) is 84.4 cm³/mol. The van der Waals surface area contributed by atoms with Gasteiger partial charge in [-0.25, -0.2) is 4.39 Å². The second-order valence-corrected chi connectivity index (χ2v) is 5.94. The SMILES string of the molecule is C#CCOc1c(C)cc(C(=O)NC2CCCCC2C)cc1F. The molecular formula is C18H22FNO2. The highest BCUT2D eigenvalue weighted by Crippen LogP contribution is 2.26. The molecule has 1 aliphatic carbocycles. The minimum absolute atomic E-state index is 0.00287. The van der Waals surface area contributed by atoms with Crippen LogP contribution in [0, 0.1) is 31.0 Å². The molecular weight excluding hydrogens is 281 g/mol. The maximum absolute atomic E-state index is 14.1. The predicted octanol–water partition coefficient (Wildman–Crippen LogP) is 3.45. The number of amides is 1. The van der Waals surface area contributed by atoms with Gasteiger partial charge in [-0.1, -0.05) is 25.7 Å². The number of ether oxygens (including phenoxy) is 1. The van der Waals surface area contributed by atoms with Gasteiger partial charge in [-0.3, -0.25) is 4.79 Å². The Hall–Kier alpha value is -2.02. The van der Waals surface area contributed by atoms with Gasteiger partial charge in [-0.15, -0.1) is 6.42 Å². The highest BCUT2D eigenvalue weighted by atomic mass is 19.1. The zero-order valence-corrected chi connectivity index (χ0v) is 13.1. The van der Waals surface area contributed by atoms with E-state index in [4.69, 9.17) is 11.2 Å². The smallest absolute Gasteiger partial charge is 0.251 e. The minimum atomic E-state index is -0.558. The van der Waals surface area contributed by atoms with E-state index < -0.39 is 5.82 Å². The van der Waals surface area contributed by atoms with Crippen LogP contribution < -0.4 is 10.1 Å². The van der Waals surface area contributed by atoms with Gasteiger partial charge in [0.1, 0.15) is 6.61 Å². The third-order valence-corrected chi connectivity index (χ3v) is 4.22. The third kappa shape index (κ3) is 3.79. The van der Waals surface area contributed by atoms with E-state index in [1.165, 1.54) is 12.5 Å². The summed E-state index contributed by atoms with van der Waals surface area (Å²) in [4.78, 5) is 12.3. The molecule has 0 heterocycles. The van der Waals surface area contributed by atoms with Gasteiger partial charge in [-0.05, 0) is 43.4 Å². The molecule has 1 N–H and O–H groups in total. The maximum atomic E-state index is 14.1. The van der Waals surface area contributed by atoms with E-state index in [-0.39, 0.29) is 24.3 Å². The topological polar surface area (TPSA) is 38.3 Å². The van der Waals surface area contributed by atoms with Crippen molar-refractivity contribution in [3.63, 3.8) is 0 Å². The summed E-state index contributed by atoms with van der Waals surface area (Å²) in [5.74, 6) is 2.08. The molecule has 2 atom stereocenters. The number of carbonyl (C=O) groups excluding carboxylic acids is 1. The largest absolute Gasteiger partial charge is 0.478 e. The van der Waals surface area contributed by atoms with E-state index in [1.807, 2.05) is 0 Å². The van der Waals surface area contributed by atoms with E-state index in [9.17, 15) is 9.18 Å². The van der Waals surface area contributed by atoms with Crippen LogP contribution in [0.4, 0.5) is 4.39 Å². The molecule has 0 aliphatic heterocycles. The standard InChI is InChI=1S/C18H22FNO2/c1-4-9-22-17-13(3)10-14(11-15(17)19)18(21)20-16-8-6-5-7-12(16)2/h1,10-12,16H,5-9H2,2-3H3,(H,20,21). The van der Waals surface area contributed by atoms with Gasteiger partial charge in [0.2, 0.25) is 0 Å². The van der Waals surface area contributed by atoms with Crippen LogP contribution in [-0.4, -0.2) is 18.6 Å². The van der Waals surface area contributed by atoms with Gasteiger partial charge >= 0.3 is 0 Å². The number of carbonyl (C=O) groups is 1. The van der Waals surface area contributed by atoms with Crippen molar-refractivity contribution in [2.75, 3.05) is 6.61 Å². The number of aryl methyl sites for hydroxylation is 1. The molecule has 1 saturated carbocycles. The van der Waals surface area contributed by atoms with Crippen LogP contribution in [0.2, 0.25) is 0 Å². The molecule has 1 aromatic rings. The van der Waals surface area contributed by atoms with Crippen LogP contribution in [-0.2, 0) is 0 Å². The van der Waals surface area contributed by atoms with Crippen LogP contribution in [0.1, 0.15) is 48.5 Å². The number of halogens is 1. The van der Waals surface area contributed by atoms with E-state index in [1.54, 1.807) is 13.0 Å². The molecule has 2 unspecified atom stereocenters. The van der Waals surface area contributed by atoms with Gasteiger partial charge in [0.05, 0.1) is 0 Å². The van der Waals surface area contributed by atoms with E-state index in [0.717, 1.165) is 19.3 Å². The molecule has 0 spiro atoms. The van der Waals surface area contributed by atoms with Crippen LogP contribution in [0.25, 0.3) is 0 Å². The Kier molecular flexibility index (Phi) is 5.43. The summed E-state index contributed by atoms with van der Waals surface area (Å²) in [6, 6.07) is 3.02. The Morgan fingerprint density at radius 2 is 2.18 bits per heavy atom. The van der Waals surface area contributed by atoms with Crippen molar-refractivity contribution < 1.29 is 13.9 Å². The molecule has 1 amide bonds. The van der Waals surface area contributed by atoms with Crippen molar-refractivity contribution in [1.82, 2.24) is 5.32 Å². The van der Waals surface area contributed by atoms with Crippen LogP contribution in [0.5, 0.6) is 5.75 Å². The first-order valence-corrected chi connectivity index (χ1v) is 7.70. The first-order chi connectivity index (χ1) is 10.5. The van der Waals surface area contributed by atoms with Gasteiger partial charge in [-0.2, -0.15) is 0 Å². The monoisotopic (exact) mass is 303 g/mol. The van der Waals surface area contributed by atoms with Crippen molar-refractivity contribution >= 4 is 5.91 Å². The Morgan fingerprint density at radius 3 is 2.82 bits per heavy atom. The minimum Gasteiger partial charge on any atom is -0.478 e. The maximum Gasteiger partial charge on any atom is 0.251 e. The van der Waals surface area contributed by atoms with Gasteiger partial charge < -0.3 is 10.1 Å². The van der Waals surface area contributed by atoms with Crippen molar-refractivity contribution in [2.45, 2.75) is 45.6 Å². The lowest BCUT2D eigenvalue weighted by molar-refractivity contribution is 0.0909. The Morgan fingerprint density at radius 1 is 1.45 bits per heavy atom. The molecule has 1 aromatic carbocycles. The fourth-order valence-electron chi connectivity index (χ4n) is 2.94. The molecule has 2 rings (SSSR count). The number of benzene rings is 1. The average molecular weight is 303 g/mol. The summed E-state index contributed by atoms with van der Waals surface area (Å²) in [5.41, 5.74) is 0.887. The number of hydrogen-bond acceptors (Lipinski definition) is 2.